The molecule has 5 heteroatoms. The smallest absolute Gasteiger partial charge is 0.338 e. The highest BCUT2D eigenvalue weighted by Crippen LogP contribution is 2.61. The van der Waals surface area contributed by atoms with Crippen LogP contribution in [0.4, 0.5) is 4.39 Å². The van der Waals surface area contributed by atoms with Gasteiger partial charge < -0.3 is 10.1 Å². The number of nitrogens with one attached hydrogen (secondary N) is 1. The Balaban J connectivity index is 1.31. The summed E-state index contributed by atoms with van der Waals surface area (Å²) in [5.41, 5.74) is 0.337. The second-order valence-corrected chi connectivity index (χ2v) is 8.66. The van der Waals surface area contributed by atoms with Crippen LogP contribution in [0.3, 0.4) is 0 Å². The van der Waals surface area contributed by atoms with E-state index in [9.17, 15) is 14.0 Å². The number of esters is 1. The zero-order chi connectivity index (χ0) is 18.3. The van der Waals surface area contributed by atoms with Gasteiger partial charge in [-0.15, -0.1) is 0 Å². The van der Waals surface area contributed by atoms with Crippen molar-refractivity contribution in [2.75, 3.05) is 6.61 Å². The lowest BCUT2D eigenvalue weighted by molar-refractivity contribution is -0.128. The quantitative estimate of drug-likeness (QED) is 0.816. The van der Waals surface area contributed by atoms with Crippen LogP contribution in [0.15, 0.2) is 24.3 Å². The van der Waals surface area contributed by atoms with E-state index in [2.05, 4.69) is 12.2 Å². The number of hydrogen-bond donors (Lipinski definition) is 1. The van der Waals surface area contributed by atoms with Crippen LogP contribution in [0.5, 0.6) is 0 Å². The molecule has 1 amide bonds. The fourth-order valence-corrected chi connectivity index (χ4v) is 5.97. The number of amides is 1. The Kier molecular flexibility index (Phi) is 4.49. The summed E-state index contributed by atoms with van der Waals surface area (Å²) in [7, 11) is 0. The molecule has 4 saturated carbocycles. The molecule has 0 heterocycles. The predicted octanol–water partition coefficient (Wildman–Crippen LogP) is 3.70. The van der Waals surface area contributed by atoms with E-state index in [4.69, 9.17) is 4.74 Å². The first-order chi connectivity index (χ1) is 12.4. The largest absolute Gasteiger partial charge is 0.452 e. The van der Waals surface area contributed by atoms with Crippen LogP contribution in [0.2, 0.25) is 0 Å². The fourth-order valence-electron chi connectivity index (χ4n) is 5.97. The van der Waals surface area contributed by atoms with Crippen LogP contribution < -0.4 is 5.32 Å². The summed E-state index contributed by atoms with van der Waals surface area (Å²) in [5, 5.41) is 3.06. The summed E-state index contributed by atoms with van der Waals surface area (Å²) in [4.78, 5) is 24.2. The minimum Gasteiger partial charge on any atom is -0.452 e. The summed E-state index contributed by atoms with van der Waals surface area (Å²) in [6.07, 6.45) is 7.73. The highest BCUT2D eigenvalue weighted by atomic mass is 19.1. The summed E-state index contributed by atoms with van der Waals surface area (Å²) in [6, 6.07) is 5.38. The van der Waals surface area contributed by atoms with Gasteiger partial charge in [-0.25, -0.2) is 9.18 Å². The molecular formula is C21H26FNO3. The van der Waals surface area contributed by atoms with Crippen molar-refractivity contribution >= 4 is 11.9 Å². The Hall–Kier alpha value is -1.91. The third-order valence-electron chi connectivity index (χ3n) is 6.78. The molecule has 5 rings (SSSR count). The van der Waals surface area contributed by atoms with Gasteiger partial charge >= 0.3 is 5.97 Å². The summed E-state index contributed by atoms with van der Waals surface area (Å²) < 4.78 is 18.2. The lowest BCUT2D eigenvalue weighted by Gasteiger charge is -2.59. The summed E-state index contributed by atoms with van der Waals surface area (Å²) in [5.74, 6) is 1.02. The van der Waals surface area contributed by atoms with Crippen molar-refractivity contribution in [1.29, 1.82) is 0 Å². The predicted molar refractivity (Wildman–Crippen MR) is 94.9 cm³/mol. The number of hydrogen-bond acceptors (Lipinski definition) is 3. The van der Waals surface area contributed by atoms with Gasteiger partial charge in [-0.1, -0.05) is 6.07 Å². The molecule has 1 N–H and O–H groups in total. The van der Waals surface area contributed by atoms with Crippen molar-refractivity contribution in [3.8, 4) is 0 Å². The molecule has 4 fully saturated rings. The van der Waals surface area contributed by atoms with E-state index in [0.29, 0.717) is 0 Å². The Morgan fingerprint density at radius 2 is 1.81 bits per heavy atom. The minimum atomic E-state index is -0.679. The zero-order valence-corrected chi connectivity index (χ0v) is 15.2. The van der Waals surface area contributed by atoms with Crippen molar-refractivity contribution in [2.45, 2.75) is 51.5 Å². The monoisotopic (exact) mass is 359 g/mol. The molecule has 0 aliphatic heterocycles. The van der Waals surface area contributed by atoms with E-state index in [1.165, 1.54) is 56.7 Å². The third-order valence-corrected chi connectivity index (χ3v) is 6.78. The molecule has 1 unspecified atom stereocenters. The Morgan fingerprint density at radius 3 is 2.38 bits per heavy atom. The molecule has 4 aliphatic carbocycles. The molecule has 0 spiro atoms. The molecule has 1 aromatic carbocycles. The SMILES string of the molecule is CC(NC(=O)COC(=O)c1cccc(F)c1)C12CC3CC(CC(C3)C1)C2. The third kappa shape index (κ3) is 3.36. The van der Waals surface area contributed by atoms with E-state index < -0.39 is 11.8 Å². The van der Waals surface area contributed by atoms with Crippen molar-refractivity contribution in [2.24, 2.45) is 23.2 Å². The second-order valence-electron chi connectivity index (χ2n) is 8.66. The van der Waals surface area contributed by atoms with Crippen LogP contribution in [0, 0.1) is 29.0 Å². The van der Waals surface area contributed by atoms with Gasteiger partial charge in [0.1, 0.15) is 5.82 Å². The minimum absolute atomic E-state index is 0.0938. The van der Waals surface area contributed by atoms with Gasteiger partial charge in [-0.2, -0.15) is 0 Å². The first-order valence-corrected chi connectivity index (χ1v) is 9.65. The molecule has 4 nitrogen and oxygen atoms in total. The number of ether oxygens (including phenoxy) is 1. The van der Waals surface area contributed by atoms with E-state index >= 15 is 0 Å². The highest BCUT2D eigenvalue weighted by Gasteiger charge is 2.53. The maximum Gasteiger partial charge on any atom is 0.338 e. The number of rotatable bonds is 5. The van der Waals surface area contributed by atoms with Gasteiger partial charge in [0.2, 0.25) is 0 Å². The van der Waals surface area contributed by atoms with Crippen molar-refractivity contribution in [3.05, 3.63) is 35.6 Å². The van der Waals surface area contributed by atoms with Gasteiger partial charge in [0, 0.05) is 6.04 Å². The molecule has 4 bridgehead atoms. The van der Waals surface area contributed by atoms with Gasteiger partial charge in [0.25, 0.3) is 5.91 Å². The second kappa shape index (κ2) is 6.67. The van der Waals surface area contributed by atoms with E-state index in [-0.39, 0.29) is 29.5 Å². The maximum atomic E-state index is 13.2. The number of carbonyl (C=O) groups is 2. The molecule has 0 radical (unpaired) electrons. The van der Waals surface area contributed by atoms with Crippen molar-refractivity contribution in [1.82, 2.24) is 5.32 Å². The molecule has 140 valence electrons. The summed E-state index contributed by atoms with van der Waals surface area (Å²) in [6.45, 7) is 1.77. The van der Waals surface area contributed by atoms with Crippen LogP contribution in [-0.2, 0) is 9.53 Å². The van der Waals surface area contributed by atoms with Gasteiger partial charge in [-0.3, -0.25) is 4.79 Å². The Morgan fingerprint density at radius 1 is 1.19 bits per heavy atom. The van der Waals surface area contributed by atoms with Crippen LogP contribution in [0.25, 0.3) is 0 Å². The first-order valence-electron chi connectivity index (χ1n) is 9.65. The lowest BCUT2D eigenvalue weighted by Crippen LogP contribution is -2.56. The molecule has 4 aliphatic rings. The summed E-state index contributed by atoms with van der Waals surface area (Å²) >= 11 is 0. The van der Waals surface area contributed by atoms with Crippen molar-refractivity contribution in [3.63, 3.8) is 0 Å². The molecule has 1 atom stereocenters. The average molecular weight is 359 g/mol. The first kappa shape index (κ1) is 17.5. The van der Waals surface area contributed by atoms with Gasteiger partial charge in [-0.05, 0) is 86.8 Å². The van der Waals surface area contributed by atoms with Crippen LogP contribution in [-0.4, -0.2) is 24.5 Å². The number of halogens is 1. The standard InChI is InChI=1S/C21H26FNO3/c1-13(21-9-14-5-15(10-21)7-16(6-14)11-21)23-19(24)12-26-20(25)17-3-2-4-18(22)8-17/h2-4,8,13-16H,5-7,9-12H2,1H3,(H,23,24). The molecule has 0 saturated heterocycles. The lowest BCUT2D eigenvalue weighted by atomic mass is 9.48. The zero-order valence-electron chi connectivity index (χ0n) is 15.2. The normalized spacial score (nSPS) is 32.9. The molecular weight excluding hydrogens is 333 g/mol. The van der Waals surface area contributed by atoms with E-state index in [1.807, 2.05) is 0 Å². The topological polar surface area (TPSA) is 55.4 Å². The number of carbonyl (C=O) groups excluding carboxylic acids is 2. The maximum absolute atomic E-state index is 13.2. The van der Waals surface area contributed by atoms with Crippen LogP contribution in [0.1, 0.15) is 55.8 Å². The molecule has 26 heavy (non-hydrogen) atoms. The van der Waals surface area contributed by atoms with Crippen molar-refractivity contribution < 1.29 is 18.7 Å². The van der Waals surface area contributed by atoms with Gasteiger partial charge in [0.15, 0.2) is 6.61 Å². The van der Waals surface area contributed by atoms with Crippen LogP contribution >= 0.6 is 0 Å². The van der Waals surface area contributed by atoms with Gasteiger partial charge in [0.05, 0.1) is 5.56 Å². The molecule has 0 aromatic heterocycles. The average Bonchev–Trinajstić information content (AvgIpc) is 2.58. The van der Waals surface area contributed by atoms with E-state index in [0.717, 1.165) is 23.8 Å². The fraction of sp³-hybridized carbons (Fsp3) is 0.619. The highest BCUT2D eigenvalue weighted by molar-refractivity contribution is 5.91. The number of benzene rings is 1. The molecule has 1 aromatic rings. The Labute approximate surface area is 153 Å². The van der Waals surface area contributed by atoms with E-state index in [1.54, 1.807) is 0 Å². The Bertz CT molecular complexity index is 682.